The number of carbonyl (C=O) groups excluding carboxylic acids is 1. The number of likely N-dealkylation sites (N-methyl/N-ethyl adjacent to an activating group) is 1. The molecular weight excluding hydrogens is 322 g/mol. The van der Waals surface area contributed by atoms with E-state index < -0.39 is 18.3 Å². The molecular formula is C15H29NO8. The molecule has 1 fully saturated rings. The van der Waals surface area contributed by atoms with Gasteiger partial charge in [-0.05, 0) is 6.42 Å². The molecule has 1 amide bonds. The average molecular weight is 351 g/mol. The first kappa shape index (κ1) is 21.2. The van der Waals surface area contributed by atoms with Crippen LogP contribution in [0.5, 0.6) is 0 Å². The molecule has 0 aromatic rings. The van der Waals surface area contributed by atoms with Crippen LogP contribution in [0.15, 0.2) is 0 Å². The van der Waals surface area contributed by atoms with Crippen molar-refractivity contribution in [3.05, 3.63) is 0 Å². The number of hydrogen-bond donors (Lipinski definition) is 3. The van der Waals surface area contributed by atoms with Gasteiger partial charge in [0.2, 0.25) is 5.91 Å². The highest BCUT2D eigenvalue weighted by atomic mass is 16.6. The van der Waals surface area contributed by atoms with Crippen LogP contribution in [0.25, 0.3) is 0 Å². The SMILES string of the molecule is CNC(=O)COCCOCCOCCOC[C@H]1OCC[C@@H](O)[C@H]1O. The van der Waals surface area contributed by atoms with Crippen LogP contribution >= 0.6 is 0 Å². The molecule has 0 unspecified atom stereocenters. The Balaban J connectivity index is 1.81. The highest BCUT2D eigenvalue weighted by molar-refractivity contribution is 5.76. The quantitative estimate of drug-likeness (QED) is 0.337. The van der Waals surface area contributed by atoms with Crippen LogP contribution < -0.4 is 5.32 Å². The molecule has 9 heteroatoms. The van der Waals surface area contributed by atoms with E-state index in [2.05, 4.69) is 5.32 Å². The summed E-state index contributed by atoms with van der Waals surface area (Å²) < 4.78 is 26.4. The number of aliphatic hydroxyl groups excluding tert-OH is 2. The number of nitrogens with one attached hydrogen (secondary N) is 1. The largest absolute Gasteiger partial charge is 0.390 e. The monoisotopic (exact) mass is 351 g/mol. The summed E-state index contributed by atoms with van der Waals surface area (Å²) in [6.07, 6.45) is -1.70. The zero-order valence-electron chi connectivity index (χ0n) is 14.1. The average Bonchev–Trinajstić information content (AvgIpc) is 2.59. The van der Waals surface area contributed by atoms with Crippen molar-refractivity contribution in [2.24, 2.45) is 0 Å². The van der Waals surface area contributed by atoms with Crippen molar-refractivity contribution in [2.75, 3.05) is 66.5 Å². The Kier molecular flexibility index (Phi) is 11.9. The van der Waals surface area contributed by atoms with Gasteiger partial charge in [0, 0.05) is 13.7 Å². The van der Waals surface area contributed by atoms with Crippen LogP contribution in [-0.2, 0) is 28.5 Å². The van der Waals surface area contributed by atoms with Crippen molar-refractivity contribution in [1.29, 1.82) is 0 Å². The first-order chi connectivity index (χ1) is 11.6. The fourth-order valence-corrected chi connectivity index (χ4v) is 2.00. The van der Waals surface area contributed by atoms with Crippen LogP contribution in [0.3, 0.4) is 0 Å². The Morgan fingerprint density at radius 3 is 2.25 bits per heavy atom. The smallest absolute Gasteiger partial charge is 0.245 e. The topological polar surface area (TPSA) is 116 Å². The molecule has 1 aliphatic heterocycles. The molecule has 1 rings (SSSR count). The van der Waals surface area contributed by atoms with Gasteiger partial charge < -0.3 is 39.2 Å². The molecule has 0 aliphatic carbocycles. The predicted molar refractivity (Wildman–Crippen MR) is 83.7 cm³/mol. The minimum atomic E-state index is -0.904. The van der Waals surface area contributed by atoms with E-state index in [1.807, 2.05) is 0 Å². The third-order valence-corrected chi connectivity index (χ3v) is 3.43. The Hall–Kier alpha value is -0.810. The van der Waals surface area contributed by atoms with Crippen molar-refractivity contribution >= 4 is 5.91 Å². The third-order valence-electron chi connectivity index (χ3n) is 3.43. The van der Waals surface area contributed by atoms with Gasteiger partial charge in [-0.2, -0.15) is 0 Å². The Morgan fingerprint density at radius 1 is 1.04 bits per heavy atom. The zero-order valence-corrected chi connectivity index (χ0v) is 14.1. The van der Waals surface area contributed by atoms with Crippen LogP contribution in [-0.4, -0.2) is 101 Å². The molecule has 0 aromatic heterocycles. The van der Waals surface area contributed by atoms with E-state index in [0.717, 1.165) is 0 Å². The predicted octanol–water partition coefficient (Wildman–Crippen LogP) is -1.69. The van der Waals surface area contributed by atoms with Crippen LogP contribution in [0.4, 0.5) is 0 Å². The molecule has 3 atom stereocenters. The van der Waals surface area contributed by atoms with Crippen LogP contribution in [0.2, 0.25) is 0 Å². The summed E-state index contributed by atoms with van der Waals surface area (Å²) >= 11 is 0. The van der Waals surface area contributed by atoms with Gasteiger partial charge in [-0.1, -0.05) is 0 Å². The van der Waals surface area contributed by atoms with E-state index in [1.54, 1.807) is 7.05 Å². The molecule has 142 valence electrons. The lowest BCUT2D eigenvalue weighted by Crippen LogP contribution is -2.46. The van der Waals surface area contributed by atoms with Gasteiger partial charge in [0.25, 0.3) is 0 Å². The second kappa shape index (κ2) is 13.5. The van der Waals surface area contributed by atoms with E-state index in [4.69, 9.17) is 23.7 Å². The van der Waals surface area contributed by atoms with Gasteiger partial charge in [0.05, 0.1) is 52.4 Å². The maximum absolute atomic E-state index is 10.9. The number of aliphatic hydroxyl groups is 2. The van der Waals surface area contributed by atoms with Crippen LogP contribution in [0, 0.1) is 0 Å². The molecule has 24 heavy (non-hydrogen) atoms. The second-order valence-electron chi connectivity index (χ2n) is 5.28. The maximum atomic E-state index is 10.9. The number of amides is 1. The molecule has 3 N–H and O–H groups in total. The summed E-state index contributed by atoms with van der Waals surface area (Å²) in [5.41, 5.74) is 0. The molecule has 1 saturated heterocycles. The number of hydrogen-bond acceptors (Lipinski definition) is 8. The van der Waals surface area contributed by atoms with Crippen LogP contribution in [0.1, 0.15) is 6.42 Å². The minimum Gasteiger partial charge on any atom is -0.390 e. The standard InChI is InChI=1S/C15H29NO8/c1-16-14(18)11-23-9-7-21-5-4-20-6-8-22-10-13-15(19)12(17)2-3-24-13/h12-13,15,17,19H,2-11H2,1H3,(H,16,18)/t12-,13-,15-/m1/s1. The summed E-state index contributed by atoms with van der Waals surface area (Å²) in [5, 5.41) is 21.7. The lowest BCUT2D eigenvalue weighted by Gasteiger charge is -2.31. The first-order valence-electron chi connectivity index (χ1n) is 8.14. The molecule has 0 aromatic carbocycles. The van der Waals surface area contributed by atoms with E-state index in [-0.39, 0.29) is 19.1 Å². The molecule has 0 saturated carbocycles. The minimum absolute atomic E-state index is 0.0319. The number of ether oxygens (including phenoxy) is 5. The van der Waals surface area contributed by atoms with Gasteiger partial charge in [0.15, 0.2) is 0 Å². The van der Waals surface area contributed by atoms with Gasteiger partial charge in [-0.3, -0.25) is 4.79 Å². The van der Waals surface area contributed by atoms with E-state index >= 15 is 0 Å². The molecule has 0 spiro atoms. The number of rotatable bonds is 13. The van der Waals surface area contributed by atoms with Crippen molar-refractivity contribution in [2.45, 2.75) is 24.7 Å². The molecule has 9 nitrogen and oxygen atoms in total. The molecule has 1 aliphatic rings. The van der Waals surface area contributed by atoms with Gasteiger partial charge in [0.1, 0.15) is 18.8 Å². The van der Waals surface area contributed by atoms with Crippen molar-refractivity contribution in [3.8, 4) is 0 Å². The fraction of sp³-hybridized carbons (Fsp3) is 0.933. The lowest BCUT2D eigenvalue weighted by atomic mass is 10.0. The lowest BCUT2D eigenvalue weighted by molar-refractivity contribution is -0.156. The Morgan fingerprint density at radius 2 is 1.62 bits per heavy atom. The third kappa shape index (κ3) is 9.48. The first-order valence-corrected chi connectivity index (χ1v) is 8.14. The normalized spacial score (nSPS) is 24.0. The van der Waals surface area contributed by atoms with E-state index in [1.165, 1.54) is 0 Å². The van der Waals surface area contributed by atoms with Gasteiger partial charge in [-0.15, -0.1) is 0 Å². The number of carbonyl (C=O) groups is 1. The highest BCUT2D eigenvalue weighted by Crippen LogP contribution is 2.14. The Labute approximate surface area is 142 Å². The van der Waals surface area contributed by atoms with E-state index in [9.17, 15) is 15.0 Å². The van der Waals surface area contributed by atoms with Gasteiger partial charge >= 0.3 is 0 Å². The molecule has 0 radical (unpaired) electrons. The summed E-state index contributed by atoms with van der Waals surface area (Å²) in [5.74, 6) is -0.168. The van der Waals surface area contributed by atoms with Crippen molar-refractivity contribution < 1.29 is 38.7 Å². The maximum Gasteiger partial charge on any atom is 0.245 e. The Bertz CT molecular complexity index is 331. The van der Waals surface area contributed by atoms with Gasteiger partial charge in [-0.25, -0.2) is 0 Å². The fourth-order valence-electron chi connectivity index (χ4n) is 2.00. The molecule has 0 bridgehead atoms. The summed E-state index contributed by atoms with van der Waals surface area (Å²) in [7, 11) is 1.55. The summed E-state index contributed by atoms with van der Waals surface area (Å²) in [6.45, 7) is 3.07. The second-order valence-corrected chi connectivity index (χ2v) is 5.28. The van der Waals surface area contributed by atoms with Crippen molar-refractivity contribution in [1.82, 2.24) is 5.32 Å². The van der Waals surface area contributed by atoms with E-state index in [0.29, 0.717) is 52.7 Å². The molecule has 1 heterocycles. The zero-order chi connectivity index (χ0) is 17.6. The van der Waals surface area contributed by atoms with Crippen molar-refractivity contribution in [3.63, 3.8) is 0 Å². The highest BCUT2D eigenvalue weighted by Gasteiger charge is 2.31. The summed E-state index contributed by atoms with van der Waals surface area (Å²) in [4.78, 5) is 10.9. The summed E-state index contributed by atoms with van der Waals surface area (Å²) in [6, 6.07) is 0.